The zero-order chi connectivity index (χ0) is 106. The number of anilines is 6. The number of aromatic hydroxyl groups is 3. The highest BCUT2D eigenvalue weighted by Crippen LogP contribution is 2.54. The average Bonchev–Trinajstić information content (AvgIpc) is 0.703. The molecule has 0 radical (unpaired) electrons. The molecule has 0 aliphatic carbocycles. The van der Waals surface area contributed by atoms with Gasteiger partial charge in [0.2, 0.25) is 17.7 Å². The minimum absolute atomic E-state index is 0.0406. The SMILES string of the molecule is C=CC(=O)N1CC2C(=O)N(CCCO)c3c(c4cc(Cl)c(-c5c(O)cccc5F)c(F)c4n(-c4c(C)ccnc4C(C)C)c3=O)N2CC1C.C=CC(=O)N1CC2C(=O)N(CCO)c3c(c4cc(Cl)c(-c5c(O)cccc5F)c(F)c4n(-c4c(C)ccnc4C(C)C)c3=O)N2CC1C.C=CC(=O)N1CC2CN(C3CCOCC3)c3c(c4cc(F)c(-c5c(O)cccc5F)c(F)c4n(-c4c(C)ccnc4C(C)C)c3=O)N2CC1C. The van der Waals surface area contributed by atoms with Crippen molar-refractivity contribution in [3.05, 3.63) is 263 Å². The maximum Gasteiger partial charge on any atom is 0.281 e. The largest absolute Gasteiger partial charge is 0.507 e. The van der Waals surface area contributed by atoms with Gasteiger partial charge < -0.3 is 74.4 Å². The maximum absolute atomic E-state index is 17.5. The zero-order valence-corrected chi connectivity index (χ0v) is 84.4. The lowest BCUT2D eigenvalue weighted by atomic mass is 9.93. The van der Waals surface area contributed by atoms with Crippen LogP contribution in [0.5, 0.6) is 17.2 Å². The number of hydrogen-bond acceptors (Lipinski definition) is 21. The van der Waals surface area contributed by atoms with E-state index >= 15 is 45.1 Å². The predicted molar refractivity (Wildman–Crippen MR) is 552 cm³/mol. The number of nitrogens with zero attached hydrogens (tertiary/aromatic N) is 15. The summed E-state index contributed by atoms with van der Waals surface area (Å²) < 4.78 is 124. The van der Waals surface area contributed by atoms with Gasteiger partial charge in [0.05, 0.1) is 126 Å². The predicted octanol–water partition coefficient (Wildman–Crippen LogP) is 16.7. The van der Waals surface area contributed by atoms with Crippen LogP contribution in [0.4, 0.5) is 64.9 Å². The Morgan fingerprint density at radius 1 is 0.415 bits per heavy atom. The molecule has 6 aromatic carbocycles. The Morgan fingerprint density at radius 3 is 1.12 bits per heavy atom. The van der Waals surface area contributed by atoms with Gasteiger partial charge >= 0.3 is 0 Å². The van der Waals surface area contributed by atoms with Crippen molar-refractivity contribution in [2.24, 2.45) is 0 Å². The van der Waals surface area contributed by atoms with Crippen molar-refractivity contribution in [2.45, 2.75) is 162 Å². The molecule has 6 atom stereocenters. The first-order chi connectivity index (χ1) is 70.1. The summed E-state index contributed by atoms with van der Waals surface area (Å²) in [5, 5.41) is 51.9. The van der Waals surface area contributed by atoms with Crippen molar-refractivity contribution < 1.29 is 85.0 Å². The Hall–Kier alpha value is -14.5. The van der Waals surface area contributed by atoms with Crippen molar-refractivity contribution >= 4 is 120 Å². The maximum atomic E-state index is 17.5. The Labute approximate surface area is 851 Å². The van der Waals surface area contributed by atoms with Crippen LogP contribution in [0.2, 0.25) is 10.0 Å². The molecule has 19 rings (SSSR count). The quantitative estimate of drug-likeness (QED) is 0.0393. The van der Waals surface area contributed by atoms with Crippen LogP contribution in [-0.4, -0.2) is 226 Å². The number of piperazine rings is 3. The average molecular weight is 2060 g/mol. The number of aromatic nitrogens is 6. The molecule has 12 aromatic rings. The van der Waals surface area contributed by atoms with Crippen LogP contribution in [-0.2, 0) is 28.7 Å². The van der Waals surface area contributed by atoms with Gasteiger partial charge in [0.1, 0.15) is 69.7 Å². The first kappa shape index (κ1) is 104. The number of hydrogen-bond donors (Lipinski definition) is 5. The third kappa shape index (κ3) is 17.6. The molecule has 0 saturated carbocycles. The number of benzene rings is 6. The molecule has 4 fully saturated rings. The summed E-state index contributed by atoms with van der Waals surface area (Å²) >= 11 is 13.6. The van der Waals surface area contributed by atoms with Crippen molar-refractivity contribution in [1.29, 1.82) is 0 Å². The number of amides is 5. The minimum atomic E-state index is -1.19. The van der Waals surface area contributed by atoms with E-state index in [-0.39, 0.29) is 183 Å². The molecule has 29 nitrogen and oxygen atoms in total. The fourth-order valence-electron chi connectivity index (χ4n) is 22.0. The second kappa shape index (κ2) is 41.1. The minimum Gasteiger partial charge on any atom is -0.507 e. The molecular weight excluding hydrogens is 1950 g/mol. The second-order valence-corrected chi connectivity index (χ2v) is 39.7. The standard InChI is InChI=1S/C38H40F3N5O4.C36H36ClF2N5O5.C35H34ClF2N5O5/c1-6-29(48)43-18-24-19-45(23-11-14-50-15-12-23)37-36(44(24)17-22(43)5)25-16-27(40)31(30-26(39)8-7-9-28(30)47)32(41)35(25)46(38(37)49)34-21(4)10-13-42-33(34)20(2)3;1-6-26(47)42-17-24-35(48)41(13-8-14-45)34-33(43(24)16-20(42)5)21-15-22(37)27(28-23(38)9-7-10-25(28)46)29(39)32(21)44(36(34)49)31-19(4)11-12-40-30(31)18(2)3;1-6-25(46)41-16-23-34(47)40(12-13-44)33-32(42(23)15-19(41)5)20-14-21(36)26(27-22(37)8-7-9-24(27)45)28(38)31(20)43(35(33)48)30-18(4)10-11-39-29(30)17(2)3/h6-10,13,16,20,22-24,47H,1,11-12,14-15,17-19H2,2-5H3;6-7,9-12,15,18,20,24,45-46H,1,8,13-14,16-17H2,2-5H3;6-11,14,17,19,23,44-45H,1,12-13,15-16H2,2-5H3. The third-order valence-corrected chi connectivity index (χ3v) is 29.4. The van der Waals surface area contributed by atoms with Gasteiger partial charge in [-0.3, -0.25) is 67.0 Å². The van der Waals surface area contributed by atoms with E-state index in [1.54, 1.807) is 86.1 Å². The number of aliphatic hydroxyl groups excluding tert-OH is 2. The first-order valence-electron chi connectivity index (χ1n) is 48.5. The Balaban J connectivity index is 0.000000151. The number of halogens is 9. The van der Waals surface area contributed by atoms with Gasteiger partial charge in [-0.25, -0.2) is 30.7 Å². The topological polar surface area (TPSA) is 330 Å². The van der Waals surface area contributed by atoms with Crippen LogP contribution in [0, 0.1) is 61.5 Å². The van der Waals surface area contributed by atoms with Crippen molar-refractivity contribution in [2.75, 3.05) is 115 Å². The number of fused-ring (bicyclic) bond motifs is 15. The van der Waals surface area contributed by atoms with E-state index in [0.717, 1.165) is 41.0 Å². The molecule has 7 aliphatic heterocycles. The molecule has 7 aliphatic rings. The fourth-order valence-corrected chi connectivity index (χ4v) is 22.6. The summed E-state index contributed by atoms with van der Waals surface area (Å²) in [5.74, 6) is -11.7. The highest BCUT2D eigenvalue weighted by atomic mass is 35.5. The summed E-state index contributed by atoms with van der Waals surface area (Å²) in [5.41, 5.74) is -1.03. The van der Waals surface area contributed by atoms with E-state index in [4.69, 9.17) is 27.9 Å². The fraction of sp³-hybridized carbons (Fsp3) is 0.349. The molecular formula is C109H110Cl2F7N15O14. The van der Waals surface area contributed by atoms with Crippen molar-refractivity contribution in [3.8, 4) is 67.7 Å². The molecule has 5 N–H and O–H groups in total. The summed E-state index contributed by atoms with van der Waals surface area (Å²) in [7, 11) is 0. The van der Waals surface area contributed by atoms with Gasteiger partial charge in [-0.15, -0.1) is 0 Å². The van der Waals surface area contributed by atoms with Gasteiger partial charge in [0.25, 0.3) is 28.5 Å². The summed E-state index contributed by atoms with van der Waals surface area (Å²) in [6, 6.07) is 15.9. The van der Waals surface area contributed by atoms with Crippen molar-refractivity contribution in [3.63, 3.8) is 0 Å². The van der Waals surface area contributed by atoms with Crippen LogP contribution in [0.1, 0.15) is 133 Å². The number of phenolic OH excluding ortho intramolecular Hbond substituents is 3. The molecule has 13 heterocycles. The van der Waals surface area contributed by atoms with E-state index < -0.39 is 151 Å². The molecule has 6 unspecified atom stereocenters. The molecule has 6 aromatic heterocycles. The highest BCUT2D eigenvalue weighted by Gasteiger charge is 2.52. The lowest BCUT2D eigenvalue weighted by Crippen LogP contribution is -2.67. The van der Waals surface area contributed by atoms with Gasteiger partial charge in [-0.05, 0) is 186 Å². The molecule has 5 amide bonds. The number of phenols is 3. The normalized spacial score (nSPS) is 18.2. The highest BCUT2D eigenvalue weighted by molar-refractivity contribution is 6.36. The zero-order valence-electron chi connectivity index (χ0n) is 82.9. The van der Waals surface area contributed by atoms with Crippen LogP contribution in [0.15, 0.2) is 162 Å². The van der Waals surface area contributed by atoms with Crippen LogP contribution in [0.25, 0.3) is 83.2 Å². The van der Waals surface area contributed by atoms with Crippen molar-refractivity contribution in [1.82, 2.24) is 43.4 Å². The molecule has 4 saturated heterocycles. The molecule has 147 heavy (non-hydrogen) atoms. The number of carbonyl (C=O) groups is 5. The number of rotatable bonds is 18. The lowest BCUT2D eigenvalue weighted by Gasteiger charge is -2.53. The van der Waals surface area contributed by atoms with E-state index in [2.05, 4.69) is 34.7 Å². The van der Waals surface area contributed by atoms with E-state index in [9.17, 15) is 49.5 Å². The molecule has 0 bridgehead atoms. The number of carbonyl (C=O) groups excluding carboxylic acids is 5. The number of pyridine rings is 6. The Bertz CT molecular complexity index is 7620. The van der Waals surface area contributed by atoms with Gasteiger partial charge in [-0.2, -0.15) is 0 Å². The second-order valence-electron chi connectivity index (χ2n) is 38.8. The smallest absolute Gasteiger partial charge is 0.281 e. The van der Waals surface area contributed by atoms with E-state index in [0.29, 0.717) is 96.5 Å². The van der Waals surface area contributed by atoms with Gasteiger partial charge in [0, 0.05) is 136 Å². The van der Waals surface area contributed by atoms with Crippen LogP contribution in [0.3, 0.4) is 0 Å². The van der Waals surface area contributed by atoms with Gasteiger partial charge in [-0.1, -0.05) is 103 Å². The van der Waals surface area contributed by atoms with Crippen LogP contribution < -0.4 is 46.1 Å². The van der Waals surface area contributed by atoms with Gasteiger partial charge in [0.15, 0.2) is 17.5 Å². The third-order valence-electron chi connectivity index (χ3n) is 28.8. The van der Waals surface area contributed by atoms with E-state index in [1.165, 1.54) is 83.4 Å². The van der Waals surface area contributed by atoms with E-state index in [1.807, 2.05) is 58.3 Å². The summed E-state index contributed by atoms with van der Waals surface area (Å²) in [6.45, 7) is 33.9. The summed E-state index contributed by atoms with van der Waals surface area (Å²) in [6.07, 6.45) is 9.79. The number of ether oxygens (including phenoxy) is 1. The molecule has 38 heteroatoms. The Morgan fingerprint density at radius 2 is 0.755 bits per heavy atom. The van der Waals surface area contributed by atoms with Crippen LogP contribution >= 0.6 is 23.2 Å². The summed E-state index contributed by atoms with van der Waals surface area (Å²) in [4.78, 5) is 141. The molecule has 0 spiro atoms. The lowest BCUT2D eigenvalue weighted by molar-refractivity contribution is -0.132. The molecule has 768 valence electrons. The number of β-amino-alcohol motifs (C(OH)–C–C–N with tert-alkyl or cyclic N) is 1. The first-order valence-corrected chi connectivity index (χ1v) is 49.3. The number of aryl methyl sites for hydroxylation is 3. The monoisotopic (exact) mass is 2060 g/mol. The number of aliphatic hydroxyl groups is 2. The Kier molecular flexibility index (Phi) is 29.1.